The highest BCUT2D eigenvalue weighted by Crippen LogP contribution is 2.20. The molecule has 0 aromatic heterocycles. The summed E-state index contributed by atoms with van der Waals surface area (Å²) in [4.78, 5) is 0.114. The van der Waals surface area contributed by atoms with Crippen molar-refractivity contribution < 1.29 is 12.6 Å². The van der Waals surface area contributed by atoms with Gasteiger partial charge < -0.3 is 5.73 Å². The number of nitrogens with two attached hydrogens (primary N) is 1. The summed E-state index contributed by atoms with van der Waals surface area (Å²) in [7, 11) is -4.73. The van der Waals surface area contributed by atoms with E-state index in [0.29, 0.717) is 5.56 Å². The van der Waals surface area contributed by atoms with Crippen molar-refractivity contribution in [1.29, 1.82) is 0 Å². The highest BCUT2D eigenvalue weighted by molar-refractivity contribution is 7.89. The van der Waals surface area contributed by atoms with Gasteiger partial charge in [-0.25, -0.2) is 13.1 Å². The van der Waals surface area contributed by atoms with Crippen LogP contribution in [0, 0.1) is 0 Å². The van der Waals surface area contributed by atoms with Crippen molar-refractivity contribution in [2.45, 2.75) is 4.90 Å². The lowest BCUT2D eigenvalue weighted by Gasteiger charge is -2.08. The van der Waals surface area contributed by atoms with E-state index in [1.54, 1.807) is 0 Å². The van der Waals surface area contributed by atoms with E-state index in [1.807, 2.05) is 0 Å². The van der Waals surface area contributed by atoms with Crippen LogP contribution >= 0.6 is 23.8 Å². The van der Waals surface area contributed by atoms with Gasteiger partial charge in [-0.1, -0.05) is 23.8 Å². The van der Waals surface area contributed by atoms with Crippen molar-refractivity contribution in [3.63, 3.8) is 0 Å². The van der Waals surface area contributed by atoms with Gasteiger partial charge >= 0.3 is 0 Å². The molecule has 0 radical (unpaired) electrons. The van der Waals surface area contributed by atoms with E-state index in [9.17, 15) is 12.6 Å². The summed E-state index contributed by atoms with van der Waals surface area (Å²) in [6, 6.07) is 4.10. The van der Waals surface area contributed by atoms with Crippen LogP contribution < -0.4 is 10.5 Å². The summed E-state index contributed by atoms with van der Waals surface area (Å²) in [6.07, 6.45) is 1.50. The topological polar surface area (TPSA) is 89.3 Å². The van der Waals surface area contributed by atoms with Crippen LogP contribution in [-0.2, 0) is 20.8 Å². The molecule has 19 heavy (non-hydrogen) atoms. The molecule has 0 aliphatic heterocycles. The summed E-state index contributed by atoms with van der Waals surface area (Å²) in [5.41, 5.74) is 5.86. The van der Waals surface area contributed by atoms with Crippen LogP contribution in [0.3, 0.4) is 0 Å². The van der Waals surface area contributed by atoms with Gasteiger partial charge in [0.25, 0.3) is 0 Å². The molecule has 1 rings (SSSR count). The Labute approximate surface area is 125 Å². The third-order valence-corrected chi connectivity index (χ3v) is 4.97. The van der Waals surface area contributed by atoms with Gasteiger partial charge in [-0.05, 0) is 18.2 Å². The first kappa shape index (κ1) is 16.5. The number of sulfonamides is 1. The minimum atomic E-state index is -3.67. The standard InChI is InChI=1S/C10H13ClN2O3S3/c1-18(14)5-4-13-19(15,16)7-2-3-8(10(12)17)9(11)6-7/h2-3,6,13H,4-5H2,1H3,(H2,12,17). The largest absolute Gasteiger partial charge is 0.389 e. The third-order valence-electron chi connectivity index (χ3n) is 2.20. The minimum Gasteiger partial charge on any atom is -0.389 e. The SMILES string of the molecule is CS(=O)CCNS(=O)(=O)c1ccc(C(N)=S)c(Cl)c1. The molecule has 1 aromatic carbocycles. The van der Waals surface area contributed by atoms with Gasteiger partial charge in [0.1, 0.15) is 4.99 Å². The molecule has 0 saturated heterocycles. The van der Waals surface area contributed by atoms with Crippen LogP contribution in [0.2, 0.25) is 5.02 Å². The number of halogens is 1. The minimum absolute atomic E-state index is 0.0133. The molecule has 0 fully saturated rings. The molecule has 9 heteroatoms. The van der Waals surface area contributed by atoms with E-state index in [0.717, 1.165) is 0 Å². The Bertz CT molecular complexity index is 616. The van der Waals surface area contributed by atoms with Gasteiger partial charge in [-0.15, -0.1) is 0 Å². The lowest BCUT2D eigenvalue weighted by Crippen LogP contribution is -2.27. The molecule has 106 valence electrons. The lowest BCUT2D eigenvalue weighted by molar-refractivity contribution is 0.584. The third kappa shape index (κ3) is 4.81. The predicted molar refractivity (Wildman–Crippen MR) is 81.5 cm³/mol. The molecule has 3 N–H and O–H groups in total. The summed E-state index contributed by atoms with van der Waals surface area (Å²) in [5.74, 6) is 0.248. The van der Waals surface area contributed by atoms with Crippen molar-refractivity contribution >= 4 is 49.6 Å². The number of thiocarbonyl (C=S) groups is 1. The molecular formula is C10H13ClN2O3S3. The van der Waals surface area contributed by atoms with Crippen LogP contribution in [-0.4, -0.2) is 36.2 Å². The molecule has 0 aliphatic rings. The van der Waals surface area contributed by atoms with E-state index in [2.05, 4.69) is 4.72 Å². The maximum atomic E-state index is 11.9. The second-order valence-electron chi connectivity index (χ2n) is 3.68. The van der Waals surface area contributed by atoms with Crippen molar-refractivity contribution in [3.8, 4) is 0 Å². The second-order valence-corrected chi connectivity index (χ2v) is 7.85. The second kappa shape index (κ2) is 6.76. The molecule has 0 heterocycles. The molecule has 1 unspecified atom stereocenters. The molecule has 5 nitrogen and oxygen atoms in total. The normalized spacial score (nSPS) is 13.2. The van der Waals surface area contributed by atoms with E-state index < -0.39 is 20.8 Å². The molecule has 1 aromatic rings. The Morgan fingerprint density at radius 3 is 2.63 bits per heavy atom. The smallest absolute Gasteiger partial charge is 0.240 e. The average Bonchev–Trinajstić information content (AvgIpc) is 2.27. The molecular weight excluding hydrogens is 328 g/mol. The van der Waals surface area contributed by atoms with Crippen molar-refractivity contribution in [2.75, 3.05) is 18.6 Å². The first-order chi connectivity index (χ1) is 8.74. The maximum Gasteiger partial charge on any atom is 0.240 e. The Kier molecular flexibility index (Phi) is 5.87. The molecule has 0 bridgehead atoms. The molecule has 0 saturated carbocycles. The quantitative estimate of drug-likeness (QED) is 0.741. The molecule has 0 amide bonds. The summed E-state index contributed by atoms with van der Waals surface area (Å²) >= 11 is 10.7. The van der Waals surface area contributed by atoms with Crippen LogP contribution in [0.25, 0.3) is 0 Å². The highest BCUT2D eigenvalue weighted by Gasteiger charge is 2.15. The van der Waals surface area contributed by atoms with Crippen LogP contribution in [0.15, 0.2) is 23.1 Å². The summed E-state index contributed by atoms with van der Waals surface area (Å²) in [5, 5.41) is 0.175. The average molecular weight is 341 g/mol. The van der Waals surface area contributed by atoms with E-state index in [1.165, 1.54) is 24.5 Å². The molecule has 1 atom stereocenters. The summed E-state index contributed by atoms with van der Waals surface area (Å²) < 4.78 is 37.0. The fourth-order valence-electron chi connectivity index (χ4n) is 1.27. The zero-order valence-electron chi connectivity index (χ0n) is 10.1. The first-order valence-electron chi connectivity index (χ1n) is 5.13. The van der Waals surface area contributed by atoms with Gasteiger partial charge in [0.15, 0.2) is 0 Å². The Balaban J connectivity index is 2.93. The maximum absolute atomic E-state index is 11.9. The zero-order valence-corrected chi connectivity index (χ0v) is 13.3. The number of hydrogen-bond donors (Lipinski definition) is 2. The van der Waals surface area contributed by atoms with Gasteiger partial charge in [-0.3, -0.25) is 4.21 Å². The van der Waals surface area contributed by atoms with Gasteiger partial charge in [0.2, 0.25) is 10.0 Å². The number of rotatable bonds is 6. The van der Waals surface area contributed by atoms with Crippen LogP contribution in [0.1, 0.15) is 5.56 Å². The lowest BCUT2D eigenvalue weighted by atomic mass is 10.2. The monoisotopic (exact) mass is 340 g/mol. The summed E-state index contributed by atoms with van der Waals surface area (Å²) in [6.45, 7) is 0.0973. The Morgan fingerprint density at radius 2 is 2.16 bits per heavy atom. The van der Waals surface area contributed by atoms with Crippen molar-refractivity contribution in [2.24, 2.45) is 5.73 Å². The van der Waals surface area contributed by atoms with Gasteiger partial charge in [0, 0.05) is 34.9 Å². The Morgan fingerprint density at radius 1 is 1.53 bits per heavy atom. The van der Waals surface area contributed by atoms with E-state index >= 15 is 0 Å². The molecule has 0 spiro atoms. The van der Waals surface area contributed by atoms with Crippen LogP contribution in [0.5, 0.6) is 0 Å². The number of hydrogen-bond acceptors (Lipinski definition) is 4. The highest BCUT2D eigenvalue weighted by atomic mass is 35.5. The van der Waals surface area contributed by atoms with Crippen LogP contribution in [0.4, 0.5) is 0 Å². The fraction of sp³-hybridized carbons (Fsp3) is 0.300. The fourth-order valence-corrected chi connectivity index (χ4v) is 3.42. The van der Waals surface area contributed by atoms with E-state index in [-0.39, 0.29) is 27.2 Å². The zero-order chi connectivity index (χ0) is 14.6. The predicted octanol–water partition coefficient (Wildman–Crippen LogP) is 0.631. The van der Waals surface area contributed by atoms with Crippen molar-refractivity contribution in [1.82, 2.24) is 4.72 Å². The van der Waals surface area contributed by atoms with Gasteiger partial charge in [-0.2, -0.15) is 0 Å². The van der Waals surface area contributed by atoms with E-state index in [4.69, 9.17) is 29.6 Å². The first-order valence-corrected chi connectivity index (χ1v) is 9.13. The van der Waals surface area contributed by atoms with Crippen molar-refractivity contribution in [3.05, 3.63) is 28.8 Å². The molecule has 0 aliphatic carbocycles. The number of benzene rings is 1. The number of nitrogens with one attached hydrogen (secondary N) is 1. The van der Waals surface area contributed by atoms with Gasteiger partial charge in [0.05, 0.1) is 9.92 Å². The Hall–Kier alpha value is -0.540.